The van der Waals surface area contributed by atoms with Crippen LogP contribution in [0.3, 0.4) is 0 Å². The average Bonchev–Trinajstić information content (AvgIpc) is 2.75. The molecule has 5 nitrogen and oxygen atoms in total. The predicted molar refractivity (Wildman–Crippen MR) is 115 cm³/mol. The van der Waals surface area contributed by atoms with Gasteiger partial charge in [0.2, 0.25) is 9.84 Å². The highest BCUT2D eigenvalue weighted by molar-refractivity contribution is 7.91. The molecule has 0 saturated heterocycles. The van der Waals surface area contributed by atoms with Crippen LogP contribution in [0, 0.1) is 0 Å². The van der Waals surface area contributed by atoms with Crippen molar-refractivity contribution in [1.29, 1.82) is 0 Å². The quantitative estimate of drug-likeness (QED) is 0.478. The minimum atomic E-state index is -3.77. The lowest BCUT2D eigenvalue weighted by Crippen LogP contribution is -2.07. The van der Waals surface area contributed by atoms with Crippen molar-refractivity contribution in [1.82, 2.24) is 4.98 Å². The number of ether oxygens (including phenoxy) is 1. The fraction of sp³-hybridized carbons (Fsp3) is 0.0870. The van der Waals surface area contributed by atoms with Gasteiger partial charge in [0.15, 0.2) is 0 Å². The maximum Gasteiger partial charge on any atom is 0.210 e. The molecule has 0 aliphatic heterocycles. The third kappa shape index (κ3) is 3.79. The summed E-state index contributed by atoms with van der Waals surface area (Å²) in [5, 5.41) is 3.96. The average molecular weight is 404 g/mol. The van der Waals surface area contributed by atoms with Crippen LogP contribution in [0.5, 0.6) is 5.75 Å². The van der Waals surface area contributed by atoms with Gasteiger partial charge in [-0.1, -0.05) is 36.4 Å². The molecule has 146 valence electrons. The zero-order valence-electron chi connectivity index (χ0n) is 15.9. The van der Waals surface area contributed by atoms with Gasteiger partial charge in [0, 0.05) is 17.3 Å². The molecule has 0 saturated carbocycles. The van der Waals surface area contributed by atoms with Crippen molar-refractivity contribution in [3.8, 4) is 5.75 Å². The molecule has 29 heavy (non-hydrogen) atoms. The maximum absolute atomic E-state index is 13.4. The topological polar surface area (TPSA) is 68.3 Å². The molecule has 3 aromatic carbocycles. The second-order valence-electron chi connectivity index (χ2n) is 6.42. The van der Waals surface area contributed by atoms with Crippen molar-refractivity contribution >= 4 is 32.1 Å². The fourth-order valence-electron chi connectivity index (χ4n) is 3.13. The summed E-state index contributed by atoms with van der Waals surface area (Å²) in [4.78, 5) is 4.74. The molecule has 0 spiro atoms. The number of aromatic nitrogens is 1. The molecule has 6 heteroatoms. The lowest BCUT2D eigenvalue weighted by Gasteiger charge is -2.16. The molecule has 0 aliphatic rings. The van der Waals surface area contributed by atoms with Gasteiger partial charge >= 0.3 is 0 Å². The van der Waals surface area contributed by atoms with Crippen LogP contribution in [0.2, 0.25) is 0 Å². The van der Waals surface area contributed by atoms with Gasteiger partial charge < -0.3 is 10.1 Å². The van der Waals surface area contributed by atoms with Gasteiger partial charge in [-0.3, -0.25) is 4.98 Å². The van der Waals surface area contributed by atoms with Crippen molar-refractivity contribution in [2.45, 2.75) is 16.7 Å². The monoisotopic (exact) mass is 404 g/mol. The summed E-state index contributed by atoms with van der Waals surface area (Å²) >= 11 is 0. The highest BCUT2D eigenvalue weighted by atomic mass is 32.2. The highest BCUT2D eigenvalue weighted by Gasteiger charge is 2.24. The molecule has 0 aliphatic carbocycles. The second-order valence-corrected chi connectivity index (χ2v) is 8.34. The number of fused-ring (bicyclic) bond motifs is 1. The van der Waals surface area contributed by atoms with E-state index in [4.69, 9.17) is 4.74 Å². The van der Waals surface area contributed by atoms with E-state index >= 15 is 0 Å². The Morgan fingerprint density at radius 1 is 0.931 bits per heavy atom. The van der Waals surface area contributed by atoms with E-state index in [2.05, 4.69) is 10.3 Å². The summed E-state index contributed by atoms with van der Waals surface area (Å²) in [6.07, 6.45) is 1.41. The van der Waals surface area contributed by atoms with Crippen LogP contribution in [-0.4, -0.2) is 20.0 Å². The third-order valence-electron chi connectivity index (χ3n) is 4.50. The lowest BCUT2D eigenvalue weighted by molar-refractivity contribution is 0.340. The highest BCUT2D eigenvalue weighted by Crippen LogP contribution is 2.36. The Balaban J connectivity index is 1.97. The Labute approximate surface area is 169 Å². The summed E-state index contributed by atoms with van der Waals surface area (Å²) in [6.45, 7) is 2.42. The first-order chi connectivity index (χ1) is 14.1. The standard InChI is InChI=1S/C23H20N2O3S/c1-2-28-18-13-14-21-20(15-18)23(25-17-9-5-3-6-10-17)22(16-24-21)29(26,27)19-11-7-4-8-12-19/h3-16H,2H2,1H3,(H,24,25). The van der Waals surface area contributed by atoms with Crippen molar-refractivity contribution in [2.75, 3.05) is 11.9 Å². The Hall–Kier alpha value is -3.38. The molecule has 4 rings (SSSR count). The molecule has 0 amide bonds. The van der Waals surface area contributed by atoms with Gasteiger partial charge in [-0.2, -0.15) is 0 Å². The van der Waals surface area contributed by atoms with E-state index < -0.39 is 9.84 Å². The SMILES string of the molecule is CCOc1ccc2ncc(S(=O)(=O)c3ccccc3)c(Nc3ccccc3)c2c1. The molecule has 0 radical (unpaired) electrons. The number of benzene rings is 3. The number of nitrogens with zero attached hydrogens (tertiary/aromatic N) is 1. The molecule has 0 bridgehead atoms. The molecule has 1 heterocycles. The first-order valence-corrected chi connectivity index (χ1v) is 10.8. The minimum absolute atomic E-state index is 0.119. The summed E-state index contributed by atoms with van der Waals surface area (Å²) in [5.41, 5.74) is 1.94. The molecular formula is C23H20N2O3S. The van der Waals surface area contributed by atoms with Gasteiger partial charge in [0.05, 0.1) is 22.7 Å². The van der Waals surface area contributed by atoms with Gasteiger partial charge in [-0.15, -0.1) is 0 Å². The van der Waals surface area contributed by atoms with E-state index in [1.165, 1.54) is 6.20 Å². The number of hydrogen-bond acceptors (Lipinski definition) is 5. The van der Waals surface area contributed by atoms with E-state index in [1.54, 1.807) is 30.3 Å². The molecular weight excluding hydrogens is 384 g/mol. The number of hydrogen-bond donors (Lipinski definition) is 1. The molecule has 0 unspecified atom stereocenters. The van der Waals surface area contributed by atoms with Crippen molar-refractivity contribution < 1.29 is 13.2 Å². The van der Waals surface area contributed by atoms with E-state index in [9.17, 15) is 8.42 Å². The van der Waals surface area contributed by atoms with Crippen LogP contribution in [0.25, 0.3) is 10.9 Å². The zero-order valence-corrected chi connectivity index (χ0v) is 16.7. The van der Waals surface area contributed by atoms with Crippen LogP contribution >= 0.6 is 0 Å². The predicted octanol–water partition coefficient (Wildman–Crippen LogP) is 5.21. The summed E-state index contributed by atoms with van der Waals surface area (Å²) in [7, 11) is -3.77. The molecule has 1 aromatic heterocycles. The molecule has 0 fully saturated rings. The van der Waals surface area contributed by atoms with E-state index in [-0.39, 0.29) is 9.79 Å². The van der Waals surface area contributed by atoms with E-state index in [0.29, 0.717) is 28.9 Å². The normalized spacial score (nSPS) is 11.3. The van der Waals surface area contributed by atoms with E-state index in [1.807, 2.05) is 55.5 Å². The number of para-hydroxylation sites is 1. The number of rotatable bonds is 6. The Morgan fingerprint density at radius 3 is 2.31 bits per heavy atom. The van der Waals surface area contributed by atoms with Gasteiger partial charge in [0.1, 0.15) is 10.6 Å². The largest absolute Gasteiger partial charge is 0.494 e. The van der Waals surface area contributed by atoms with Gasteiger partial charge in [-0.25, -0.2) is 8.42 Å². The number of nitrogens with one attached hydrogen (secondary N) is 1. The maximum atomic E-state index is 13.4. The molecule has 0 atom stereocenters. The van der Waals surface area contributed by atoms with E-state index in [0.717, 1.165) is 5.69 Å². The third-order valence-corrected chi connectivity index (χ3v) is 6.28. The number of sulfone groups is 1. The van der Waals surface area contributed by atoms with Crippen LogP contribution in [0.1, 0.15) is 6.92 Å². The van der Waals surface area contributed by atoms with Crippen LogP contribution in [0.15, 0.2) is 94.9 Å². The van der Waals surface area contributed by atoms with Crippen LogP contribution in [-0.2, 0) is 9.84 Å². The molecule has 4 aromatic rings. The van der Waals surface area contributed by atoms with Crippen LogP contribution in [0.4, 0.5) is 11.4 Å². The van der Waals surface area contributed by atoms with Crippen LogP contribution < -0.4 is 10.1 Å². The summed E-state index contributed by atoms with van der Waals surface area (Å²) in [5.74, 6) is 0.659. The van der Waals surface area contributed by atoms with Gasteiger partial charge in [0.25, 0.3) is 0 Å². The second kappa shape index (κ2) is 7.93. The van der Waals surface area contributed by atoms with Crippen molar-refractivity contribution in [3.05, 3.63) is 85.1 Å². The smallest absolute Gasteiger partial charge is 0.210 e. The first-order valence-electron chi connectivity index (χ1n) is 9.27. The molecule has 1 N–H and O–H groups in total. The number of pyridine rings is 1. The number of anilines is 2. The zero-order chi connectivity index (χ0) is 20.3. The lowest BCUT2D eigenvalue weighted by atomic mass is 10.1. The van der Waals surface area contributed by atoms with Crippen molar-refractivity contribution in [2.24, 2.45) is 0 Å². The Bertz CT molecular complexity index is 1240. The Morgan fingerprint density at radius 2 is 1.62 bits per heavy atom. The minimum Gasteiger partial charge on any atom is -0.494 e. The first kappa shape index (κ1) is 19.0. The Kier molecular flexibility index (Phi) is 5.18. The van der Waals surface area contributed by atoms with Gasteiger partial charge in [-0.05, 0) is 49.4 Å². The summed E-state index contributed by atoms with van der Waals surface area (Å²) < 4.78 is 32.4. The summed E-state index contributed by atoms with van der Waals surface area (Å²) in [6, 6.07) is 23.3. The fourth-order valence-corrected chi connectivity index (χ4v) is 4.53. The van der Waals surface area contributed by atoms with Crippen molar-refractivity contribution in [3.63, 3.8) is 0 Å².